The van der Waals surface area contributed by atoms with Crippen molar-refractivity contribution in [1.82, 2.24) is 0 Å². The van der Waals surface area contributed by atoms with E-state index in [0.717, 1.165) is 122 Å². The van der Waals surface area contributed by atoms with Crippen LogP contribution in [0.15, 0.2) is 182 Å². The molecule has 0 fully saturated rings. The molecule has 0 aliphatic heterocycles. The van der Waals surface area contributed by atoms with Crippen molar-refractivity contribution in [2.45, 2.75) is 437 Å². The molecule has 0 aromatic rings. The predicted octanol–water partition coefficient (Wildman–Crippen LogP) is 31.6. The largest absolute Gasteiger partial charge is 0.472 e. The Morgan fingerprint density at radius 3 is 0.704 bits per heavy atom. The number of hydrogen-bond donors (Lipinski definition) is 4. The molecule has 0 aliphatic rings. The highest BCUT2D eigenvalue weighted by Gasteiger charge is 2.30. The van der Waals surface area contributed by atoms with Crippen LogP contribution in [0.2, 0.25) is 0 Å². The van der Waals surface area contributed by atoms with E-state index in [1.54, 1.807) is 0 Å². The van der Waals surface area contributed by atoms with Crippen LogP contribution in [0.4, 0.5) is 0 Å². The normalized spacial score (nSPS) is 14.5. The molecule has 4 N–H and O–H groups in total. The molecule has 125 heavy (non-hydrogen) atoms. The lowest BCUT2D eigenvalue weighted by molar-refractivity contribution is -0.161. The maximum absolute atomic E-state index is 13.0. The van der Waals surface area contributed by atoms with Crippen LogP contribution in [0.3, 0.4) is 0 Å². The lowest BCUT2D eigenvalue weighted by atomic mass is 10.0. The summed E-state index contributed by atoms with van der Waals surface area (Å²) in [5, 5.41) is 20.8. The summed E-state index contributed by atoms with van der Waals surface area (Å²) in [5.41, 5.74) is 0. The summed E-state index contributed by atoms with van der Waals surface area (Å²) >= 11 is 0. The van der Waals surface area contributed by atoms with Crippen molar-refractivity contribution < 1.29 is 75.8 Å². The molecule has 0 rings (SSSR count). The molecular weight excluding hydrogens is 1600 g/mol. The molecular formula is C107H182O16P2. The molecule has 0 aromatic carbocycles. The minimum atomic E-state index is -4.96. The van der Waals surface area contributed by atoms with Crippen molar-refractivity contribution in [2.24, 2.45) is 0 Å². The van der Waals surface area contributed by atoms with Gasteiger partial charge in [0.2, 0.25) is 0 Å². The Bertz CT molecular complexity index is 3000. The molecule has 0 saturated heterocycles. The van der Waals surface area contributed by atoms with E-state index in [1.165, 1.54) is 231 Å². The lowest BCUT2D eigenvalue weighted by Gasteiger charge is -2.21. The fraction of sp³-hybridized carbons (Fsp3) is 0.692. The summed E-state index contributed by atoms with van der Waals surface area (Å²) in [4.78, 5) is 59.0. The number of hydrogen-bond acceptors (Lipinski definition) is 14. The van der Waals surface area contributed by atoms with E-state index in [2.05, 4.69) is 185 Å². The predicted molar refractivity (Wildman–Crippen MR) is 528 cm³/mol. The molecule has 16 nitrogen and oxygen atoms in total. The van der Waals surface area contributed by atoms with Gasteiger partial charge in [0.25, 0.3) is 0 Å². The minimum absolute atomic E-state index is 0.0232. The third kappa shape index (κ3) is 99.1. The number of esters is 3. The van der Waals surface area contributed by atoms with Gasteiger partial charge >= 0.3 is 33.6 Å². The number of phosphoric acid groups is 2. The Morgan fingerprint density at radius 1 is 0.232 bits per heavy atom. The van der Waals surface area contributed by atoms with Gasteiger partial charge < -0.3 is 34.2 Å². The highest BCUT2D eigenvalue weighted by molar-refractivity contribution is 7.47. The molecule has 716 valence electrons. The number of carbonyl (C=O) groups is 3. The standard InChI is InChI=1S/C107H182O16P2/c1-4-7-10-13-16-19-22-25-28-31-34-36-38-40-42-44-46-48-50-52-54-56-58-60-62-64-67-69-72-75-78-81-84-87-90-93-105(110)117-96-102(108)97-119-124(113,114)120-98-103(109)99-121-125(115,116)122-101-104(123-107(112)95-92-89-86-83-80-77-74-71-66-33-30-27-24-21-18-15-12-9-6-3)100-118-106(111)94-91-88-85-82-79-76-73-70-68-65-63-61-59-57-55-53-51-49-47-45-43-41-39-37-35-32-29-26-23-20-17-14-11-8-5-2/h7,9-10,12,16-21,25-30,34-37,40-43,66,71,77,80,86,89,102-104,108-109H,4-6,8,11,13-15,22-24,31-33,38-39,44-65,67-70,72-76,78-79,81-85,87-88,90-101H2,1-3H3,(H,113,114)(H,115,116)/b10-7-,12-9-,19-16-,20-17-,21-18-,28-25-,29-26-,30-27-,36-34-,37-35-,42-40-,43-41-,71-66-,80-77-,89-86-. The maximum atomic E-state index is 13.0. The lowest BCUT2D eigenvalue weighted by Crippen LogP contribution is -2.29. The van der Waals surface area contributed by atoms with E-state index in [4.69, 9.17) is 32.3 Å². The van der Waals surface area contributed by atoms with Gasteiger partial charge in [0.1, 0.15) is 25.4 Å². The number of allylic oxidation sites excluding steroid dienone is 30. The topological polar surface area (TPSA) is 231 Å². The van der Waals surface area contributed by atoms with Gasteiger partial charge in [-0.25, -0.2) is 9.13 Å². The van der Waals surface area contributed by atoms with E-state index in [-0.39, 0.29) is 19.3 Å². The van der Waals surface area contributed by atoms with Crippen molar-refractivity contribution in [3.05, 3.63) is 182 Å². The van der Waals surface area contributed by atoms with Crippen molar-refractivity contribution in [2.75, 3.05) is 39.6 Å². The molecule has 0 amide bonds. The number of aliphatic hydroxyl groups is 2. The molecule has 0 radical (unpaired) electrons. The van der Waals surface area contributed by atoms with Gasteiger partial charge in [-0.05, 0) is 148 Å². The van der Waals surface area contributed by atoms with Gasteiger partial charge in [-0.1, -0.05) is 434 Å². The summed E-state index contributed by atoms with van der Waals surface area (Å²) < 4.78 is 61.5. The molecule has 5 unspecified atom stereocenters. The zero-order chi connectivity index (χ0) is 90.7. The van der Waals surface area contributed by atoms with Crippen molar-refractivity contribution in [1.29, 1.82) is 0 Å². The quantitative estimate of drug-likeness (QED) is 0.0146. The molecule has 0 bridgehead atoms. The first-order valence-electron chi connectivity index (χ1n) is 50.1. The van der Waals surface area contributed by atoms with Crippen LogP contribution in [0.25, 0.3) is 0 Å². The van der Waals surface area contributed by atoms with E-state index in [9.17, 15) is 43.5 Å². The number of ether oxygens (including phenoxy) is 3. The first-order chi connectivity index (χ1) is 61.2. The Hall–Kier alpha value is -5.35. The first kappa shape index (κ1) is 120. The third-order valence-corrected chi connectivity index (χ3v) is 23.0. The van der Waals surface area contributed by atoms with Crippen molar-refractivity contribution in [3.63, 3.8) is 0 Å². The number of aliphatic hydroxyl groups excluding tert-OH is 2. The highest BCUT2D eigenvalue weighted by atomic mass is 31.2. The van der Waals surface area contributed by atoms with E-state index in [1.807, 2.05) is 18.2 Å². The molecule has 0 spiro atoms. The molecule has 18 heteroatoms. The smallest absolute Gasteiger partial charge is 0.463 e. The van der Waals surface area contributed by atoms with Gasteiger partial charge in [-0.2, -0.15) is 0 Å². The summed E-state index contributed by atoms with van der Waals surface area (Å²) in [6.07, 6.45) is 130. The maximum Gasteiger partial charge on any atom is 0.472 e. The van der Waals surface area contributed by atoms with Gasteiger partial charge in [0.05, 0.1) is 26.4 Å². The number of phosphoric ester groups is 2. The third-order valence-electron chi connectivity index (χ3n) is 21.1. The van der Waals surface area contributed by atoms with Crippen LogP contribution in [-0.2, 0) is 55.8 Å². The fourth-order valence-corrected chi connectivity index (χ4v) is 15.2. The number of rotatable bonds is 94. The van der Waals surface area contributed by atoms with E-state index < -0.39 is 91.5 Å². The second-order valence-electron chi connectivity index (χ2n) is 33.2. The summed E-state index contributed by atoms with van der Waals surface area (Å²) in [5.74, 6) is -1.66. The van der Waals surface area contributed by atoms with Crippen LogP contribution in [0, 0.1) is 0 Å². The van der Waals surface area contributed by atoms with E-state index >= 15 is 0 Å². The number of carbonyl (C=O) groups excluding carboxylic acids is 3. The second-order valence-corrected chi connectivity index (χ2v) is 36.1. The van der Waals surface area contributed by atoms with E-state index in [0.29, 0.717) is 25.7 Å². The Balaban J connectivity index is 4.50. The van der Waals surface area contributed by atoms with Crippen LogP contribution in [0.5, 0.6) is 0 Å². The van der Waals surface area contributed by atoms with Gasteiger partial charge in [0, 0.05) is 19.3 Å². The number of unbranched alkanes of at least 4 members (excludes halogenated alkanes) is 41. The van der Waals surface area contributed by atoms with Gasteiger partial charge in [0.15, 0.2) is 6.10 Å². The zero-order valence-corrected chi connectivity index (χ0v) is 81.0. The second kappa shape index (κ2) is 97.7. The van der Waals surface area contributed by atoms with Crippen molar-refractivity contribution in [3.8, 4) is 0 Å². The van der Waals surface area contributed by atoms with Gasteiger partial charge in [-0.3, -0.25) is 32.5 Å². The van der Waals surface area contributed by atoms with Crippen LogP contribution in [-0.4, -0.2) is 95.9 Å². The summed E-state index contributed by atoms with van der Waals surface area (Å²) in [6.45, 7) is 2.39. The fourth-order valence-electron chi connectivity index (χ4n) is 13.6. The average Bonchev–Trinajstić information content (AvgIpc) is 0.898. The van der Waals surface area contributed by atoms with Crippen LogP contribution >= 0.6 is 15.6 Å². The SMILES string of the molecule is CC/C=C\C/C=C\C/C=C\C/C=C\C/C=C\C/C=C\CCC(=O)OC(COC(=O)CCCCCCCCCCCCCCCCCCCCC/C=C\C/C=C\C/C=C\C/C=C\CCCCC)COP(=O)(O)OCC(O)COP(=O)(O)OCC(O)COC(=O)CCCCCCCCCCCCCCCCCCCCC/C=C\C/C=C\C/C=C\C/C=C\C/C=C\CC. The molecule has 0 saturated carbocycles. The molecule has 0 heterocycles. The average molecular weight is 1790 g/mol. The monoisotopic (exact) mass is 1790 g/mol. The minimum Gasteiger partial charge on any atom is -0.463 e. The van der Waals surface area contributed by atoms with Crippen molar-refractivity contribution >= 4 is 33.6 Å². The molecule has 0 aliphatic carbocycles. The Labute approximate surface area is 764 Å². The van der Waals surface area contributed by atoms with Crippen LogP contribution < -0.4 is 0 Å². The molecule has 5 atom stereocenters. The summed E-state index contributed by atoms with van der Waals surface area (Å²) in [6, 6.07) is 0. The first-order valence-corrected chi connectivity index (χ1v) is 53.1. The highest BCUT2D eigenvalue weighted by Crippen LogP contribution is 2.45. The van der Waals surface area contributed by atoms with Crippen LogP contribution in [0.1, 0.15) is 419 Å². The summed E-state index contributed by atoms with van der Waals surface area (Å²) in [7, 11) is -9.84. The Morgan fingerprint density at radius 2 is 0.440 bits per heavy atom. The Kier molecular flexibility index (Phi) is 93.5. The van der Waals surface area contributed by atoms with Gasteiger partial charge in [-0.15, -0.1) is 0 Å². The molecule has 0 aromatic heterocycles. The zero-order valence-electron chi connectivity index (χ0n) is 79.2.